The Morgan fingerprint density at radius 3 is 2.95 bits per heavy atom. The maximum absolute atomic E-state index is 5.29. The Labute approximate surface area is 121 Å². The third kappa shape index (κ3) is 4.51. The van der Waals surface area contributed by atoms with Crippen LogP contribution in [0, 0.1) is 0 Å². The van der Waals surface area contributed by atoms with E-state index in [-0.39, 0.29) is 0 Å². The molecule has 2 nitrogen and oxygen atoms in total. The van der Waals surface area contributed by atoms with Gasteiger partial charge in [-0.25, -0.2) is 0 Å². The highest BCUT2D eigenvalue weighted by atomic mass is 32.2. The van der Waals surface area contributed by atoms with Gasteiger partial charge in [-0.05, 0) is 55.5 Å². The minimum atomic E-state index is 0.447. The summed E-state index contributed by atoms with van der Waals surface area (Å²) in [5.41, 5.74) is 3.12. The number of hydrogen-bond acceptors (Lipinski definition) is 3. The molecule has 0 heterocycles. The summed E-state index contributed by atoms with van der Waals surface area (Å²) in [5.74, 6) is 1.08. The van der Waals surface area contributed by atoms with Crippen molar-refractivity contribution in [1.82, 2.24) is 5.32 Å². The molecular weight excluding hydrogens is 254 g/mol. The number of benzene rings is 1. The minimum Gasteiger partial charge on any atom is -0.383 e. The fourth-order valence-electron chi connectivity index (χ4n) is 2.55. The Morgan fingerprint density at radius 2 is 2.16 bits per heavy atom. The Balaban J connectivity index is 1.85. The van der Waals surface area contributed by atoms with E-state index in [0.717, 1.165) is 18.9 Å². The Kier molecular flexibility index (Phi) is 6.21. The smallest absolute Gasteiger partial charge is 0.0624 e. The molecular formula is C16H25NOS. The first-order valence-electron chi connectivity index (χ1n) is 7.30. The summed E-state index contributed by atoms with van der Waals surface area (Å²) in [4.78, 5) is 1.40. The molecule has 19 heavy (non-hydrogen) atoms. The van der Waals surface area contributed by atoms with Crippen LogP contribution in [0.15, 0.2) is 23.1 Å². The van der Waals surface area contributed by atoms with Crippen molar-refractivity contribution in [3.63, 3.8) is 0 Å². The summed E-state index contributed by atoms with van der Waals surface area (Å²) in [5, 5.41) is 3.55. The fraction of sp³-hybridized carbons (Fsp3) is 0.625. The van der Waals surface area contributed by atoms with E-state index >= 15 is 0 Å². The summed E-state index contributed by atoms with van der Waals surface area (Å²) >= 11 is 1.94. The summed E-state index contributed by atoms with van der Waals surface area (Å²) in [6, 6.07) is 7.42. The molecule has 1 aromatic carbocycles. The molecule has 1 aliphatic carbocycles. The molecule has 0 aromatic heterocycles. The molecule has 1 aliphatic rings. The lowest BCUT2D eigenvalue weighted by Gasteiger charge is -2.17. The molecule has 3 heteroatoms. The van der Waals surface area contributed by atoms with E-state index in [1.54, 1.807) is 18.2 Å². The Hall–Kier alpha value is -0.510. The molecule has 0 saturated heterocycles. The average molecular weight is 279 g/mol. The molecule has 1 aromatic rings. The van der Waals surface area contributed by atoms with Crippen molar-refractivity contribution in [3.05, 3.63) is 29.3 Å². The Bertz CT molecular complexity index is 394. The number of ether oxygens (including phenoxy) is 1. The molecule has 1 atom stereocenters. The number of rotatable bonds is 8. The van der Waals surface area contributed by atoms with Crippen molar-refractivity contribution >= 4 is 11.8 Å². The fourth-order valence-corrected chi connectivity index (χ4v) is 3.55. The molecule has 0 spiro atoms. The lowest BCUT2D eigenvalue weighted by Crippen LogP contribution is -2.35. The first kappa shape index (κ1) is 14.9. The lowest BCUT2D eigenvalue weighted by atomic mass is 10.1. The van der Waals surface area contributed by atoms with E-state index in [0.29, 0.717) is 6.04 Å². The first-order valence-corrected chi connectivity index (χ1v) is 8.29. The van der Waals surface area contributed by atoms with E-state index in [9.17, 15) is 0 Å². The molecule has 0 bridgehead atoms. The van der Waals surface area contributed by atoms with Crippen LogP contribution in [0.1, 0.15) is 30.9 Å². The van der Waals surface area contributed by atoms with Crippen molar-refractivity contribution in [1.29, 1.82) is 0 Å². The van der Waals surface area contributed by atoms with Crippen molar-refractivity contribution in [2.75, 3.05) is 26.0 Å². The molecule has 0 saturated carbocycles. The zero-order valence-electron chi connectivity index (χ0n) is 12.1. The zero-order chi connectivity index (χ0) is 13.5. The van der Waals surface area contributed by atoms with Gasteiger partial charge >= 0.3 is 0 Å². The van der Waals surface area contributed by atoms with Crippen molar-refractivity contribution < 1.29 is 4.74 Å². The second-order valence-electron chi connectivity index (χ2n) is 5.20. The van der Waals surface area contributed by atoms with Gasteiger partial charge in [-0.3, -0.25) is 0 Å². The molecule has 0 radical (unpaired) electrons. The summed E-state index contributed by atoms with van der Waals surface area (Å²) in [6.45, 7) is 4.06. The van der Waals surface area contributed by atoms with Gasteiger partial charge in [-0.1, -0.05) is 13.0 Å². The third-order valence-electron chi connectivity index (χ3n) is 3.57. The van der Waals surface area contributed by atoms with E-state index in [1.165, 1.54) is 30.6 Å². The van der Waals surface area contributed by atoms with Crippen LogP contribution in [-0.4, -0.2) is 32.1 Å². The number of thioether (sulfide) groups is 1. The van der Waals surface area contributed by atoms with E-state index in [1.807, 2.05) is 11.8 Å². The van der Waals surface area contributed by atoms with Gasteiger partial charge in [0.1, 0.15) is 0 Å². The van der Waals surface area contributed by atoms with Crippen LogP contribution < -0.4 is 5.32 Å². The minimum absolute atomic E-state index is 0.447. The highest BCUT2D eigenvalue weighted by Gasteiger charge is 2.12. The Morgan fingerprint density at radius 1 is 1.32 bits per heavy atom. The van der Waals surface area contributed by atoms with Gasteiger partial charge in [0.15, 0.2) is 0 Å². The highest BCUT2D eigenvalue weighted by molar-refractivity contribution is 7.99. The molecule has 0 fully saturated rings. The lowest BCUT2D eigenvalue weighted by molar-refractivity contribution is 0.174. The van der Waals surface area contributed by atoms with Gasteiger partial charge in [-0.15, -0.1) is 11.8 Å². The molecule has 2 rings (SSSR count). The van der Waals surface area contributed by atoms with Gasteiger partial charge in [0, 0.05) is 23.8 Å². The van der Waals surface area contributed by atoms with Crippen LogP contribution in [-0.2, 0) is 17.6 Å². The van der Waals surface area contributed by atoms with Crippen LogP contribution in [0.3, 0.4) is 0 Å². The normalized spacial score (nSPS) is 15.5. The van der Waals surface area contributed by atoms with Crippen LogP contribution in [0.2, 0.25) is 0 Å². The van der Waals surface area contributed by atoms with E-state index in [2.05, 4.69) is 30.4 Å². The number of hydrogen-bond donors (Lipinski definition) is 1. The molecule has 0 amide bonds. The van der Waals surface area contributed by atoms with Gasteiger partial charge in [0.2, 0.25) is 0 Å². The molecule has 1 unspecified atom stereocenters. The second kappa shape index (κ2) is 7.93. The van der Waals surface area contributed by atoms with Crippen LogP contribution in [0.4, 0.5) is 0 Å². The summed E-state index contributed by atoms with van der Waals surface area (Å²) < 4.78 is 5.29. The number of aryl methyl sites for hydroxylation is 2. The van der Waals surface area contributed by atoms with Crippen molar-refractivity contribution in [2.24, 2.45) is 0 Å². The van der Waals surface area contributed by atoms with Gasteiger partial charge in [-0.2, -0.15) is 0 Å². The van der Waals surface area contributed by atoms with Crippen LogP contribution in [0.5, 0.6) is 0 Å². The second-order valence-corrected chi connectivity index (χ2v) is 6.29. The third-order valence-corrected chi connectivity index (χ3v) is 4.73. The maximum atomic E-state index is 5.29. The predicted octanol–water partition coefficient (Wildman–Crippen LogP) is 3.28. The highest BCUT2D eigenvalue weighted by Crippen LogP contribution is 2.27. The number of nitrogens with one attached hydrogen (secondary N) is 1. The summed E-state index contributed by atoms with van der Waals surface area (Å²) in [6.07, 6.45) is 5.03. The monoisotopic (exact) mass is 279 g/mol. The molecule has 0 aliphatic heterocycles. The van der Waals surface area contributed by atoms with E-state index < -0.39 is 0 Å². The summed E-state index contributed by atoms with van der Waals surface area (Å²) in [7, 11) is 1.78. The van der Waals surface area contributed by atoms with Gasteiger partial charge in [0.05, 0.1) is 6.61 Å². The molecule has 106 valence electrons. The predicted molar refractivity (Wildman–Crippen MR) is 83.1 cm³/mol. The zero-order valence-corrected chi connectivity index (χ0v) is 12.9. The SMILES string of the molecule is CCCNC(COC)CSc1ccc2c(c1)CCC2. The van der Waals surface area contributed by atoms with Crippen LogP contribution in [0.25, 0.3) is 0 Å². The topological polar surface area (TPSA) is 21.3 Å². The van der Waals surface area contributed by atoms with Crippen molar-refractivity contribution in [2.45, 2.75) is 43.5 Å². The van der Waals surface area contributed by atoms with Crippen LogP contribution >= 0.6 is 11.8 Å². The number of fused-ring (bicyclic) bond motifs is 1. The standard InChI is InChI=1S/C16H25NOS/c1-3-9-17-15(11-18-2)12-19-16-8-7-13-5-4-6-14(13)10-16/h7-8,10,15,17H,3-6,9,11-12H2,1-2H3. The van der Waals surface area contributed by atoms with Crippen molar-refractivity contribution in [3.8, 4) is 0 Å². The first-order chi connectivity index (χ1) is 9.33. The molecule has 1 N–H and O–H groups in total. The van der Waals surface area contributed by atoms with Gasteiger partial charge < -0.3 is 10.1 Å². The number of methoxy groups -OCH3 is 1. The van der Waals surface area contributed by atoms with Gasteiger partial charge in [0.25, 0.3) is 0 Å². The quantitative estimate of drug-likeness (QED) is 0.738. The van der Waals surface area contributed by atoms with E-state index in [4.69, 9.17) is 4.74 Å². The average Bonchev–Trinajstić information content (AvgIpc) is 2.89. The maximum Gasteiger partial charge on any atom is 0.0624 e. The largest absolute Gasteiger partial charge is 0.383 e.